The van der Waals surface area contributed by atoms with Crippen molar-refractivity contribution < 1.29 is 9.59 Å². The molecule has 1 aliphatic carbocycles. The molecular weight excluding hydrogens is 250 g/mol. The predicted octanol–water partition coefficient (Wildman–Crippen LogP) is 3.01. The van der Waals surface area contributed by atoms with Crippen molar-refractivity contribution in [1.29, 1.82) is 0 Å². The highest BCUT2D eigenvalue weighted by atomic mass is 16.2. The van der Waals surface area contributed by atoms with Crippen LogP contribution in [0.25, 0.3) is 0 Å². The molecule has 3 unspecified atom stereocenters. The third-order valence-electron chi connectivity index (χ3n) is 4.47. The van der Waals surface area contributed by atoms with Gasteiger partial charge in [0.2, 0.25) is 11.8 Å². The first-order valence-corrected chi connectivity index (χ1v) is 7.12. The predicted molar refractivity (Wildman–Crippen MR) is 78.3 cm³/mol. The Kier molecular flexibility index (Phi) is 3.00. The second-order valence-electron chi connectivity index (χ2n) is 5.96. The average molecular weight is 269 g/mol. The maximum Gasteiger partial charge on any atom is 0.238 e. The molecule has 1 saturated heterocycles. The SMILES string of the molecule is Cc1ccc(N2C(=O)C3CC=CC(C)C3C2=O)c(C)c1. The fourth-order valence-corrected chi connectivity index (χ4v) is 3.44. The molecule has 0 radical (unpaired) electrons. The van der Waals surface area contributed by atoms with Gasteiger partial charge < -0.3 is 0 Å². The summed E-state index contributed by atoms with van der Waals surface area (Å²) in [7, 11) is 0. The number of rotatable bonds is 1. The van der Waals surface area contributed by atoms with Crippen LogP contribution >= 0.6 is 0 Å². The Morgan fingerprint density at radius 3 is 2.55 bits per heavy atom. The zero-order chi connectivity index (χ0) is 14.4. The summed E-state index contributed by atoms with van der Waals surface area (Å²) in [5, 5.41) is 0. The first-order valence-electron chi connectivity index (χ1n) is 7.12. The van der Waals surface area contributed by atoms with Crippen LogP contribution in [0.15, 0.2) is 30.4 Å². The Labute approximate surface area is 119 Å². The smallest absolute Gasteiger partial charge is 0.238 e. The fraction of sp³-hybridized carbons (Fsp3) is 0.412. The molecule has 3 atom stereocenters. The zero-order valence-corrected chi connectivity index (χ0v) is 12.1. The van der Waals surface area contributed by atoms with E-state index in [4.69, 9.17) is 0 Å². The molecule has 1 aromatic carbocycles. The molecule has 1 heterocycles. The third kappa shape index (κ3) is 1.80. The van der Waals surface area contributed by atoms with Crippen molar-refractivity contribution in [1.82, 2.24) is 0 Å². The number of allylic oxidation sites excluding steroid dienone is 2. The molecule has 104 valence electrons. The summed E-state index contributed by atoms with van der Waals surface area (Å²) >= 11 is 0. The quantitative estimate of drug-likeness (QED) is 0.580. The van der Waals surface area contributed by atoms with Gasteiger partial charge in [-0.1, -0.05) is 36.8 Å². The van der Waals surface area contributed by atoms with Gasteiger partial charge in [-0.25, -0.2) is 4.90 Å². The van der Waals surface area contributed by atoms with Crippen LogP contribution in [0, 0.1) is 31.6 Å². The first-order chi connectivity index (χ1) is 9.50. The molecule has 0 bridgehead atoms. The molecule has 1 aliphatic heterocycles. The maximum absolute atomic E-state index is 12.7. The highest BCUT2D eigenvalue weighted by molar-refractivity contribution is 6.22. The fourth-order valence-electron chi connectivity index (χ4n) is 3.44. The summed E-state index contributed by atoms with van der Waals surface area (Å²) in [6, 6.07) is 5.85. The number of nitrogens with zero attached hydrogens (tertiary/aromatic N) is 1. The second-order valence-corrected chi connectivity index (χ2v) is 5.96. The lowest BCUT2D eigenvalue weighted by Gasteiger charge is -2.22. The minimum atomic E-state index is -0.187. The van der Waals surface area contributed by atoms with Crippen LogP contribution in [-0.4, -0.2) is 11.8 Å². The van der Waals surface area contributed by atoms with Crippen LogP contribution in [0.5, 0.6) is 0 Å². The van der Waals surface area contributed by atoms with E-state index >= 15 is 0 Å². The second kappa shape index (κ2) is 4.58. The molecule has 1 fully saturated rings. The number of imide groups is 1. The number of hydrogen-bond donors (Lipinski definition) is 0. The van der Waals surface area contributed by atoms with Crippen LogP contribution in [-0.2, 0) is 9.59 Å². The van der Waals surface area contributed by atoms with E-state index in [9.17, 15) is 9.59 Å². The molecule has 2 aliphatic rings. The van der Waals surface area contributed by atoms with Crippen LogP contribution < -0.4 is 4.90 Å². The van der Waals surface area contributed by atoms with Gasteiger partial charge in [0.1, 0.15) is 0 Å². The van der Waals surface area contributed by atoms with Gasteiger partial charge in [0.15, 0.2) is 0 Å². The molecular formula is C17H19NO2. The van der Waals surface area contributed by atoms with Crippen molar-refractivity contribution in [2.24, 2.45) is 17.8 Å². The number of fused-ring (bicyclic) bond motifs is 1. The van der Waals surface area contributed by atoms with Crippen molar-refractivity contribution >= 4 is 17.5 Å². The number of benzene rings is 1. The molecule has 1 aromatic rings. The zero-order valence-electron chi connectivity index (χ0n) is 12.1. The van der Waals surface area contributed by atoms with Gasteiger partial charge in [-0.15, -0.1) is 0 Å². The molecule has 3 rings (SSSR count). The lowest BCUT2D eigenvalue weighted by Crippen LogP contribution is -2.32. The molecule has 2 amide bonds. The van der Waals surface area contributed by atoms with Gasteiger partial charge >= 0.3 is 0 Å². The summed E-state index contributed by atoms with van der Waals surface area (Å²) in [4.78, 5) is 26.7. The minimum Gasteiger partial charge on any atom is -0.274 e. The van der Waals surface area contributed by atoms with E-state index in [0.29, 0.717) is 6.42 Å². The van der Waals surface area contributed by atoms with E-state index in [2.05, 4.69) is 6.08 Å². The average Bonchev–Trinajstić information content (AvgIpc) is 2.64. The molecule has 3 nitrogen and oxygen atoms in total. The van der Waals surface area contributed by atoms with E-state index in [1.807, 2.05) is 45.0 Å². The topological polar surface area (TPSA) is 37.4 Å². The van der Waals surface area contributed by atoms with Crippen LogP contribution in [0.3, 0.4) is 0 Å². The summed E-state index contributed by atoms with van der Waals surface area (Å²) in [6.45, 7) is 5.98. The van der Waals surface area contributed by atoms with E-state index in [-0.39, 0.29) is 29.6 Å². The Bertz CT molecular complexity index is 617. The van der Waals surface area contributed by atoms with Gasteiger partial charge in [0.25, 0.3) is 0 Å². The maximum atomic E-state index is 12.7. The number of aryl methyl sites for hydroxylation is 2. The van der Waals surface area contributed by atoms with Crippen molar-refractivity contribution in [3.63, 3.8) is 0 Å². The Morgan fingerprint density at radius 2 is 1.90 bits per heavy atom. The molecule has 0 spiro atoms. The monoisotopic (exact) mass is 269 g/mol. The molecule has 20 heavy (non-hydrogen) atoms. The lowest BCUT2D eigenvalue weighted by atomic mass is 9.78. The van der Waals surface area contributed by atoms with Crippen molar-refractivity contribution in [2.75, 3.05) is 4.90 Å². The van der Waals surface area contributed by atoms with Gasteiger partial charge in [-0.05, 0) is 37.8 Å². The normalized spacial score (nSPS) is 28.9. The Morgan fingerprint density at radius 1 is 1.15 bits per heavy atom. The number of anilines is 1. The standard InChI is InChI=1S/C17H19NO2/c1-10-7-8-14(12(3)9-10)18-16(19)13-6-4-5-11(2)15(13)17(18)20/h4-5,7-9,11,13,15H,6H2,1-3H3. The number of carbonyl (C=O) groups is 2. The van der Waals surface area contributed by atoms with Gasteiger partial charge in [-0.3, -0.25) is 9.59 Å². The lowest BCUT2D eigenvalue weighted by molar-refractivity contribution is -0.122. The molecule has 0 N–H and O–H groups in total. The van der Waals surface area contributed by atoms with Gasteiger partial charge in [0, 0.05) is 0 Å². The van der Waals surface area contributed by atoms with Crippen LogP contribution in [0.2, 0.25) is 0 Å². The molecule has 0 saturated carbocycles. The summed E-state index contributed by atoms with van der Waals surface area (Å²) in [5.74, 6) is -0.302. The van der Waals surface area contributed by atoms with Crippen LogP contribution in [0.4, 0.5) is 5.69 Å². The number of amides is 2. The summed E-state index contributed by atoms with van der Waals surface area (Å²) in [6.07, 6.45) is 4.77. The van der Waals surface area contributed by atoms with Crippen LogP contribution in [0.1, 0.15) is 24.5 Å². The third-order valence-corrected chi connectivity index (χ3v) is 4.47. The van der Waals surface area contributed by atoms with Crippen molar-refractivity contribution in [3.8, 4) is 0 Å². The number of hydrogen-bond acceptors (Lipinski definition) is 2. The van der Waals surface area contributed by atoms with Gasteiger partial charge in [0.05, 0.1) is 17.5 Å². The molecule has 3 heteroatoms. The summed E-state index contributed by atoms with van der Waals surface area (Å²) < 4.78 is 0. The Hall–Kier alpha value is -1.90. The highest BCUT2D eigenvalue weighted by Gasteiger charge is 2.50. The molecule has 0 aromatic heterocycles. The van der Waals surface area contributed by atoms with E-state index in [1.54, 1.807) is 0 Å². The highest BCUT2D eigenvalue weighted by Crippen LogP contribution is 2.41. The van der Waals surface area contributed by atoms with Gasteiger partial charge in [-0.2, -0.15) is 0 Å². The largest absolute Gasteiger partial charge is 0.274 e. The van der Waals surface area contributed by atoms with E-state index in [1.165, 1.54) is 4.90 Å². The summed E-state index contributed by atoms with van der Waals surface area (Å²) in [5.41, 5.74) is 2.86. The van der Waals surface area contributed by atoms with E-state index < -0.39 is 0 Å². The van der Waals surface area contributed by atoms with Crippen molar-refractivity contribution in [3.05, 3.63) is 41.5 Å². The Balaban J connectivity index is 2.03. The number of carbonyl (C=O) groups excluding carboxylic acids is 2. The van der Waals surface area contributed by atoms with Crippen molar-refractivity contribution in [2.45, 2.75) is 27.2 Å². The minimum absolute atomic E-state index is 0.0381. The first kappa shape index (κ1) is 13.1. The van der Waals surface area contributed by atoms with E-state index in [0.717, 1.165) is 16.8 Å².